The van der Waals surface area contributed by atoms with Crippen molar-refractivity contribution in [2.75, 3.05) is 6.61 Å². The van der Waals surface area contributed by atoms with Gasteiger partial charge in [-0.25, -0.2) is 8.42 Å². The molecule has 2 rings (SSSR count). The van der Waals surface area contributed by atoms with Crippen molar-refractivity contribution in [1.82, 2.24) is 4.72 Å². The second-order valence-corrected chi connectivity index (χ2v) is 7.64. The van der Waals surface area contributed by atoms with Crippen LogP contribution < -0.4 is 4.72 Å². The van der Waals surface area contributed by atoms with E-state index in [2.05, 4.69) is 4.72 Å². The molecule has 0 fully saturated rings. The molecule has 0 aliphatic rings. The molecule has 0 amide bonds. The van der Waals surface area contributed by atoms with Gasteiger partial charge < -0.3 is 9.84 Å². The highest BCUT2D eigenvalue weighted by atomic mass is 32.2. The molecule has 0 saturated carbocycles. The standard InChI is InChI=1S/C20H23NO5S/c1-3-26-20(23)19(18(22)14-11-16-7-5-4-6-8-16)21-27(24,25)17-12-9-15(2)10-13-17/h4-14,18-19,21-22H,3H2,1-2H3/b14-11+/t18-,19-/m0/s1. The quantitative estimate of drug-likeness (QED) is 0.676. The van der Waals surface area contributed by atoms with Gasteiger partial charge in [0.25, 0.3) is 0 Å². The second kappa shape index (κ2) is 9.45. The number of carbonyl (C=O) groups excluding carboxylic acids is 1. The Bertz CT molecular complexity index is 876. The molecule has 0 saturated heterocycles. The SMILES string of the molecule is CCOC(=O)[C@@H](NS(=O)(=O)c1ccc(C)cc1)[C@@H](O)/C=C/c1ccccc1. The molecule has 0 unspecified atom stereocenters. The molecule has 0 bridgehead atoms. The van der Waals surface area contributed by atoms with Gasteiger partial charge in [0.15, 0.2) is 0 Å². The summed E-state index contributed by atoms with van der Waals surface area (Å²) in [7, 11) is -4.01. The van der Waals surface area contributed by atoms with Gasteiger partial charge in [-0.1, -0.05) is 60.2 Å². The number of aryl methyl sites for hydroxylation is 1. The van der Waals surface area contributed by atoms with E-state index in [4.69, 9.17) is 4.74 Å². The van der Waals surface area contributed by atoms with Gasteiger partial charge >= 0.3 is 5.97 Å². The molecular weight excluding hydrogens is 366 g/mol. The molecule has 144 valence electrons. The van der Waals surface area contributed by atoms with E-state index < -0.39 is 28.1 Å². The van der Waals surface area contributed by atoms with Crippen molar-refractivity contribution in [3.8, 4) is 0 Å². The van der Waals surface area contributed by atoms with Crippen LogP contribution in [0.2, 0.25) is 0 Å². The summed E-state index contributed by atoms with van der Waals surface area (Å²) < 4.78 is 32.3. The van der Waals surface area contributed by atoms with Crippen molar-refractivity contribution < 1.29 is 23.1 Å². The number of benzene rings is 2. The van der Waals surface area contributed by atoms with Crippen LogP contribution in [0.3, 0.4) is 0 Å². The highest BCUT2D eigenvalue weighted by Gasteiger charge is 2.31. The fourth-order valence-corrected chi connectivity index (χ4v) is 3.53. The van der Waals surface area contributed by atoms with Gasteiger partial charge in [0.05, 0.1) is 17.6 Å². The zero-order valence-corrected chi connectivity index (χ0v) is 16.0. The van der Waals surface area contributed by atoms with E-state index in [1.54, 1.807) is 25.1 Å². The molecular formula is C20H23NO5S. The van der Waals surface area contributed by atoms with Crippen molar-refractivity contribution in [3.63, 3.8) is 0 Å². The first kappa shape index (κ1) is 20.8. The molecule has 0 aliphatic carbocycles. The van der Waals surface area contributed by atoms with Crippen LogP contribution >= 0.6 is 0 Å². The molecule has 0 aromatic heterocycles. The van der Waals surface area contributed by atoms with Crippen molar-refractivity contribution in [2.24, 2.45) is 0 Å². The minimum atomic E-state index is -4.01. The van der Waals surface area contributed by atoms with Gasteiger partial charge in [-0.2, -0.15) is 4.72 Å². The molecule has 2 atom stereocenters. The normalized spacial score (nSPS) is 14.0. The molecule has 27 heavy (non-hydrogen) atoms. The average molecular weight is 389 g/mol. The predicted octanol–water partition coefficient (Wildman–Crippen LogP) is 2.28. The number of hydrogen-bond acceptors (Lipinski definition) is 5. The lowest BCUT2D eigenvalue weighted by Gasteiger charge is -2.20. The topological polar surface area (TPSA) is 92.7 Å². The summed E-state index contributed by atoms with van der Waals surface area (Å²) in [4.78, 5) is 12.2. The Balaban J connectivity index is 2.24. The van der Waals surface area contributed by atoms with Crippen LogP contribution in [0.25, 0.3) is 6.08 Å². The van der Waals surface area contributed by atoms with Gasteiger partial charge in [0, 0.05) is 0 Å². The predicted molar refractivity (Wildman–Crippen MR) is 103 cm³/mol. The van der Waals surface area contributed by atoms with Gasteiger partial charge in [0.1, 0.15) is 6.04 Å². The summed E-state index contributed by atoms with van der Waals surface area (Å²) in [5.74, 6) is -0.849. The molecule has 0 spiro atoms. The van der Waals surface area contributed by atoms with Crippen molar-refractivity contribution >= 4 is 22.1 Å². The van der Waals surface area contributed by atoms with E-state index in [-0.39, 0.29) is 11.5 Å². The maximum Gasteiger partial charge on any atom is 0.327 e. The Labute approximate surface area is 159 Å². The van der Waals surface area contributed by atoms with E-state index in [0.717, 1.165) is 11.1 Å². The van der Waals surface area contributed by atoms with E-state index in [9.17, 15) is 18.3 Å². The minimum absolute atomic E-state index is 0.00152. The fraction of sp³-hybridized carbons (Fsp3) is 0.250. The van der Waals surface area contributed by atoms with Gasteiger partial charge in [-0.3, -0.25) is 4.79 Å². The van der Waals surface area contributed by atoms with E-state index in [1.807, 2.05) is 37.3 Å². The molecule has 0 aliphatic heterocycles. The monoisotopic (exact) mass is 389 g/mol. The Morgan fingerprint density at radius 3 is 2.37 bits per heavy atom. The van der Waals surface area contributed by atoms with Crippen LogP contribution in [0.4, 0.5) is 0 Å². The number of esters is 1. The summed E-state index contributed by atoms with van der Waals surface area (Å²) in [6.45, 7) is 3.51. The van der Waals surface area contributed by atoms with E-state index in [0.29, 0.717) is 0 Å². The Morgan fingerprint density at radius 2 is 1.78 bits per heavy atom. The molecule has 7 heteroatoms. The second-order valence-electron chi connectivity index (χ2n) is 5.92. The van der Waals surface area contributed by atoms with Crippen LogP contribution in [0.15, 0.2) is 65.6 Å². The lowest BCUT2D eigenvalue weighted by molar-refractivity contribution is -0.147. The minimum Gasteiger partial charge on any atom is -0.465 e. The average Bonchev–Trinajstić information content (AvgIpc) is 2.65. The third-order valence-electron chi connectivity index (χ3n) is 3.78. The summed E-state index contributed by atoms with van der Waals surface area (Å²) >= 11 is 0. The molecule has 2 aromatic carbocycles. The number of ether oxygens (including phenoxy) is 1. The lowest BCUT2D eigenvalue weighted by Crippen LogP contribution is -2.48. The first-order chi connectivity index (χ1) is 12.8. The van der Waals surface area contributed by atoms with E-state index in [1.165, 1.54) is 18.2 Å². The number of aliphatic hydroxyl groups is 1. The summed E-state index contributed by atoms with van der Waals surface area (Å²) in [6.07, 6.45) is 1.57. The maximum atomic E-state index is 12.6. The van der Waals surface area contributed by atoms with Crippen molar-refractivity contribution in [1.29, 1.82) is 0 Å². The smallest absolute Gasteiger partial charge is 0.327 e. The Kier molecular flexibility index (Phi) is 7.29. The zero-order chi connectivity index (χ0) is 19.9. The first-order valence-corrected chi connectivity index (χ1v) is 9.99. The summed E-state index contributed by atoms with van der Waals surface area (Å²) in [5, 5.41) is 10.4. The van der Waals surface area contributed by atoms with Gasteiger partial charge in [-0.15, -0.1) is 0 Å². The third-order valence-corrected chi connectivity index (χ3v) is 5.24. The number of hydrogen-bond donors (Lipinski definition) is 2. The first-order valence-electron chi connectivity index (χ1n) is 8.50. The maximum absolute atomic E-state index is 12.6. The third kappa shape index (κ3) is 6.02. The Morgan fingerprint density at radius 1 is 1.15 bits per heavy atom. The highest BCUT2D eigenvalue weighted by Crippen LogP contribution is 2.13. The van der Waals surface area contributed by atoms with Crippen LogP contribution in [-0.4, -0.2) is 38.2 Å². The number of aliphatic hydroxyl groups excluding tert-OH is 1. The molecule has 2 N–H and O–H groups in total. The lowest BCUT2D eigenvalue weighted by atomic mass is 10.1. The van der Waals surface area contributed by atoms with E-state index >= 15 is 0 Å². The van der Waals surface area contributed by atoms with Crippen LogP contribution in [0.5, 0.6) is 0 Å². The summed E-state index contributed by atoms with van der Waals surface area (Å²) in [5.41, 5.74) is 1.71. The highest BCUT2D eigenvalue weighted by molar-refractivity contribution is 7.89. The largest absolute Gasteiger partial charge is 0.465 e. The number of sulfonamides is 1. The molecule has 6 nitrogen and oxygen atoms in total. The molecule has 0 heterocycles. The van der Waals surface area contributed by atoms with Gasteiger partial charge in [0.2, 0.25) is 10.0 Å². The number of nitrogens with one attached hydrogen (secondary N) is 1. The van der Waals surface area contributed by atoms with Crippen LogP contribution in [0.1, 0.15) is 18.1 Å². The van der Waals surface area contributed by atoms with Crippen LogP contribution in [-0.2, 0) is 19.6 Å². The molecule has 0 radical (unpaired) electrons. The number of rotatable bonds is 8. The number of carbonyl (C=O) groups is 1. The summed E-state index contributed by atoms with van der Waals surface area (Å²) in [6, 6.07) is 13.9. The fourth-order valence-electron chi connectivity index (χ4n) is 2.33. The zero-order valence-electron chi connectivity index (χ0n) is 15.2. The van der Waals surface area contributed by atoms with Crippen molar-refractivity contribution in [2.45, 2.75) is 30.9 Å². The Hall–Kier alpha value is -2.48. The molecule has 2 aromatic rings. The van der Waals surface area contributed by atoms with Crippen LogP contribution in [0, 0.1) is 6.92 Å². The van der Waals surface area contributed by atoms with Crippen molar-refractivity contribution in [3.05, 3.63) is 71.8 Å². The van der Waals surface area contributed by atoms with Gasteiger partial charge in [-0.05, 0) is 31.5 Å².